The zero-order valence-electron chi connectivity index (χ0n) is 17.3. The van der Waals surface area contributed by atoms with E-state index in [1.807, 2.05) is 0 Å². The summed E-state index contributed by atoms with van der Waals surface area (Å²) in [6.07, 6.45) is 1.39. The monoisotopic (exact) mass is 482 g/mol. The van der Waals surface area contributed by atoms with Crippen LogP contribution in [0, 0.1) is 18.6 Å². The van der Waals surface area contributed by atoms with Gasteiger partial charge in [-0.3, -0.25) is 9.52 Å². The number of ether oxygens (including phenoxy) is 1. The summed E-state index contributed by atoms with van der Waals surface area (Å²) in [7, 11) is -2.40. The van der Waals surface area contributed by atoms with Crippen molar-refractivity contribution in [1.82, 2.24) is 14.5 Å². The van der Waals surface area contributed by atoms with Gasteiger partial charge >= 0.3 is 0 Å². The minimum absolute atomic E-state index is 0.0753. The molecule has 3 aromatic rings. The number of hydrogen-bond donors (Lipinski definition) is 1. The maximum absolute atomic E-state index is 13.4. The molecule has 170 valence electrons. The van der Waals surface area contributed by atoms with E-state index in [4.69, 9.17) is 4.74 Å². The zero-order valence-corrected chi connectivity index (χ0v) is 18.9. The number of carbonyl (C=O) groups excluding carboxylic acids is 1. The lowest BCUT2D eigenvalue weighted by Gasteiger charge is -2.26. The molecule has 1 saturated heterocycles. The number of nitrogens with one attached hydrogen (secondary N) is 1. The number of thiazole rings is 1. The Morgan fingerprint density at radius 3 is 2.59 bits per heavy atom. The number of morpholine rings is 1. The summed E-state index contributed by atoms with van der Waals surface area (Å²) in [6.45, 7) is 3.72. The Morgan fingerprint density at radius 2 is 1.91 bits per heavy atom. The predicted molar refractivity (Wildman–Crippen MR) is 115 cm³/mol. The largest absolute Gasteiger partial charge is 0.378 e. The Bertz CT molecular complexity index is 1280. The third-order valence-corrected chi connectivity index (χ3v) is 7.49. The van der Waals surface area contributed by atoms with Gasteiger partial charge < -0.3 is 14.2 Å². The van der Waals surface area contributed by atoms with Crippen LogP contribution >= 0.6 is 11.3 Å². The van der Waals surface area contributed by atoms with E-state index in [2.05, 4.69) is 9.71 Å². The molecule has 0 unspecified atom stereocenters. The van der Waals surface area contributed by atoms with Gasteiger partial charge in [0.25, 0.3) is 15.9 Å². The molecule has 1 aliphatic rings. The minimum Gasteiger partial charge on any atom is -0.378 e. The zero-order chi connectivity index (χ0) is 23.0. The van der Waals surface area contributed by atoms with E-state index in [0.29, 0.717) is 47.6 Å². The number of anilines is 1. The molecule has 1 fully saturated rings. The molecule has 12 heteroatoms. The number of aryl methyl sites for hydroxylation is 2. The van der Waals surface area contributed by atoms with E-state index in [-0.39, 0.29) is 16.5 Å². The lowest BCUT2D eigenvalue weighted by Crippen LogP contribution is -2.40. The van der Waals surface area contributed by atoms with Crippen LogP contribution in [0.2, 0.25) is 0 Å². The number of sulfonamides is 1. The Hall–Kier alpha value is -2.83. The average molecular weight is 483 g/mol. The van der Waals surface area contributed by atoms with E-state index in [1.54, 1.807) is 23.4 Å². The number of carbonyl (C=O) groups is 1. The van der Waals surface area contributed by atoms with Gasteiger partial charge in [0.1, 0.15) is 14.8 Å². The Morgan fingerprint density at radius 1 is 1.19 bits per heavy atom. The van der Waals surface area contributed by atoms with Crippen LogP contribution in [0.1, 0.15) is 15.4 Å². The molecule has 4 rings (SSSR count). The molecule has 0 bridgehead atoms. The minimum atomic E-state index is -4.06. The van der Waals surface area contributed by atoms with Gasteiger partial charge in [-0.25, -0.2) is 22.2 Å². The summed E-state index contributed by atoms with van der Waals surface area (Å²) in [5.74, 6) is -2.36. The summed E-state index contributed by atoms with van der Waals surface area (Å²) in [5.41, 5.74) is 0.967. The smallest absolute Gasteiger partial charge is 0.266 e. The van der Waals surface area contributed by atoms with Crippen LogP contribution in [-0.4, -0.2) is 55.1 Å². The summed E-state index contributed by atoms with van der Waals surface area (Å²) in [5, 5.41) is 0.496. The first-order chi connectivity index (χ1) is 15.2. The summed E-state index contributed by atoms with van der Waals surface area (Å²) >= 11 is 1.19. The third-order valence-electron chi connectivity index (χ3n) is 4.97. The van der Waals surface area contributed by atoms with Crippen molar-refractivity contribution < 1.29 is 26.7 Å². The molecule has 0 spiro atoms. The van der Waals surface area contributed by atoms with Crippen LogP contribution in [0.25, 0.3) is 10.7 Å². The highest BCUT2D eigenvalue weighted by atomic mass is 32.2. The van der Waals surface area contributed by atoms with Crippen molar-refractivity contribution in [1.29, 1.82) is 0 Å². The maximum atomic E-state index is 13.4. The molecule has 1 N–H and O–H groups in total. The molecule has 3 heterocycles. The van der Waals surface area contributed by atoms with Gasteiger partial charge in [0.2, 0.25) is 0 Å². The maximum Gasteiger partial charge on any atom is 0.266 e. The van der Waals surface area contributed by atoms with Crippen molar-refractivity contribution in [2.75, 3.05) is 31.0 Å². The second kappa shape index (κ2) is 8.60. The lowest BCUT2D eigenvalue weighted by atomic mass is 10.3. The fourth-order valence-corrected chi connectivity index (χ4v) is 5.49. The standard InChI is InChI=1S/C20H20F2N4O4S2/c1-12-18(20(27)26-5-7-30-8-6-26)31-19(23-12)17-10-14(11-25(17)2)32(28,29)24-13-3-4-15(21)16(22)9-13/h3-4,9-11,24H,5-8H2,1-2H3. The van der Waals surface area contributed by atoms with Crippen LogP contribution in [0.5, 0.6) is 0 Å². The Kier molecular flexibility index (Phi) is 6.01. The number of amides is 1. The third kappa shape index (κ3) is 4.38. The van der Waals surface area contributed by atoms with Crippen LogP contribution < -0.4 is 4.72 Å². The molecule has 0 atom stereocenters. The molecule has 0 saturated carbocycles. The number of halogens is 2. The van der Waals surface area contributed by atoms with Crippen LogP contribution in [-0.2, 0) is 21.8 Å². The van der Waals surface area contributed by atoms with Crippen molar-refractivity contribution in [3.8, 4) is 10.7 Å². The number of nitrogens with zero attached hydrogens (tertiary/aromatic N) is 3. The van der Waals surface area contributed by atoms with Crippen molar-refractivity contribution >= 4 is 33.0 Å². The van der Waals surface area contributed by atoms with Crippen molar-refractivity contribution in [3.63, 3.8) is 0 Å². The molecule has 8 nitrogen and oxygen atoms in total. The van der Waals surface area contributed by atoms with Crippen LogP contribution in [0.4, 0.5) is 14.5 Å². The van der Waals surface area contributed by atoms with E-state index in [9.17, 15) is 22.0 Å². The first-order valence-corrected chi connectivity index (χ1v) is 11.9. The Labute approximate surface area is 187 Å². The normalized spacial score (nSPS) is 14.6. The van der Waals surface area contributed by atoms with Gasteiger partial charge in [-0.1, -0.05) is 0 Å². The fraction of sp³-hybridized carbons (Fsp3) is 0.300. The average Bonchev–Trinajstić information content (AvgIpc) is 3.33. The first kappa shape index (κ1) is 22.4. The van der Waals surface area contributed by atoms with E-state index < -0.39 is 21.7 Å². The molecule has 32 heavy (non-hydrogen) atoms. The van der Waals surface area contributed by atoms with Crippen LogP contribution in [0.3, 0.4) is 0 Å². The fourth-order valence-electron chi connectivity index (χ4n) is 3.28. The highest BCUT2D eigenvalue weighted by Crippen LogP contribution is 2.31. The van der Waals surface area contributed by atoms with Crippen molar-refractivity contribution in [2.24, 2.45) is 7.05 Å². The van der Waals surface area contributed by atoms with Gasteiger partial charge in [0.05, 0.1) is 30.3 Å². The van der Waals surface area contributed by atoms with Crippen molar-refractivity contribution in [2.45, 2.75) is 11.8 Å². The van der Waals surface area contributed by atoms with Gasteiger partial charge in [0, 0.05) is 32.4 Å². The second-order valence-electron chi connectivity index (χ2n) is 7.24. The highest BCUT2D eigenvalue weighted by Gasteiger charge is 2.25. The van der Waals surface area contributed by atoms with E-state index >= 15 is 0 Å². The molecule has 1 amide bonds. The summed E-state index contributed by atoms with van der Waals surface area (Å²) in [4.78, 5) is 19.4. The highest BCUT2D eigenvalue weighted by molar-refractivity contribution is 7.92. The van der Waals surface area contributed by atoms with E-state index in [1.165, 1.54) is 23.6 Å². The number of benzene rings is 1. The molecule has 1 aliphatic heterocycles. The second-order valence-corrected chi connectivity index (χ2v) is 9.93. The van der Waals surface area contributed by atoms with E-state index in [0.717, 1.165) is 18.2 Å². The quantitative estimate of drug-likeness (QED) is 0.604. The first-order valence-electron chi connectivity index (χ1n) is 9.65. The summed E-state index contributed by atoms with van der Waals surface area (Å²) in [6, 6.07) is 4.16. The molecule has 1 aromatic carbocycles. The molecular weight excluding hydrogens is 462 g/mol. The predicted octanol–water partition coefficient (Wildman–Crippen LogP) is 3.01. The SMILES string of the molecule is Cc1nc(-c2cc(S(=O)(=O)Nc3ccc(F)c(F)c3)cn2C)sc1C(=O)N1CCOCC1. The number of hydrogen-bond acceptors (Lipinski definition) is 6. The molecular formula is C20H20F2N4O4S2. The van der Waals surface area contributed by atoms with Crippen LogP contribution in [0.15, 0.2) is 35.4 Å². The molecule has 2 aromatic heterocycles. The Balaban J connectivity index is 1.60. The van der Waals surface area contributed by atoms with Gasteiger partial charge in [-0.15, -0.1) is 11.3 Å². The topological polar surface area (TPSA) is 93.5 Å². The van der Waals surface area contributed by atoms with Gasteiger partial charge in [-0.2, -0.15) is 0 Å². The van der Waals surface area contributed by atoms with Gasteiger partial charge in [-0.05, 0) is 25.1 Å². The number of rotatable bonds is 5. The molecule has 0 radical (unpaired) electrons. The van der Waals surface area contributed by atoms with Crippen molar-refractivity contribution in [3.05, 3.63) is 52.7 Å². The lowest BCUT2D eigenvalue weighted by molar-refractivity contribution is 0.0305. The van der Waals surface area contributed by atoms with Gasteiger partial charge in [0.15, 0.2) is 11.6 Å². The summed E-state index contributed by atoms with van der Waals surface area (Å²) < 4.78 is 61.1. The number of aromatic nitrogens is 2. The molecule has 0 aliphatic carbocycles.